The average Bonchev–Trinajstić information content (AvgIpc) is 2.87. The van der Waals surface area contributed by atoms with Crippen molar-refractivity contribution in [3.05, 3.63) is 89.0 Å². The molecule has 32 heavy (non-hydrogen) atoms. The van der Waals surface area contributed by atoms with Crippen molar-refractivity contribution >= 4 is 34.6 Å². The second-order valence-electron chi connectivity index (χ2n) is 7.70. The van der Waals surface area contributed by atoms with Crippen LogP contribution in [0.2, 0.25) is 0 Å². The molecule has 3 aromatic carbocycles. The number of aliphatic imine (C=N–C) groups is 1. The fourth-order valence-electron chi connectivity index (χ4n) is 3.73. The van der Waals surface area contributed by atoms with E-state index in [0.29, 0.717) is 17.1 Å². The smallest absolute Gasteiger partial charge is 0.244 e. The van der Waals surface area contributed by atoms with Crippen LogP contribution in [0, 0.1) is 25.5 Å². The molecule has 3 aromatic rings. The van der Waals surface area contributed by atoms with E-state index in [1.165, 1.54) is 11.0 Å². The molecule has 0 unspecified atom stereocenters. The largest absolute Gasteiger partial charge is 0.324 e. The summed E-state index contributed by atoms with van der Waals surface area (Å²) in [5.74, 6) is -2.88. The first-order valence-corrected chi connectivity index (χ1v) is 10.1. The fourth-order valence-corrected chi connectivity index (χ4v) is 3.73. The Kier molecular flexibility index (Phi) is 5.81. The number of benzene rings is 3. The van der Waals surface area contributed by atoms with Gasteiger partial charge in [-0.25, -0.2) is 8.78 Å². The van der Waals surface area contributed by atoms with Crippen LogP contribution in [0.1, 0.15) is 23.1 Å². The molecule has 1 N–H and O–H groups in total. The molecule has 0 saturated carbocycles. The van der Waals surface area contributed by atoms with Crippen LogP contribution in [-0.4, -0.2) is 24.1 Å². The van der Waals surface area contributed by atoms with Crippen LogP contribution in [0.4, 0.5) is 25.8 Å². The Balaban J connectivity index is 1.62. The molecule has 0 saturated heterocycles. The predicted octanol–water partition coefficient (Wildman–Crippen LogP) is 5.08. The molecular formula is C25H21F2N3O2. The Morgan fingerprint density at radius 3 is 2.56 bits per heavy atom. The summed E-state index contributed by atoms with van der Waals surface area (Å²) in [7, 11) is 0. The summed E-state index contributed by atoms with van der Waals surface area (Å²) >= 11 is 0. The molecule has 0 fully saturated rings. The van der Waals surface area contributed by atoms with Crippen molar-refractivity contribution in [1.29, 1.82) is 0 Å². The summed E-state index contributed by atoms with van der Waals surface area (Å²) in [5, 5.41) is 2.51. The summed E-state index contributed by atoms with van der Waals surface area (Å²) in [4.78, 5) is 31.9. The quantitative estimate of drug-likeness (QED) is 0.624. The predicted molar refractivity (Wildman–Crippen MR) is 121 cm³/mol. The lowest BCUT2D eigenvalue weighted by molar-refractivity contribution is -0.120. The standard InChI is InChI=1S/C25H21F2N3O2/c1-15-7-9-18(16(2)11-15)22-13-25(32)30(23-6-4-3-5-21(23)29-22)14-24(31)28-17-8-10-19(26)20(27)12-17/h3-12H,13-14H2,1-2H3,(H,28,31). The number of hydrogen-bond donors (Lipinski definition) is 1. The van der Waals surface area contributed by atoms with Crippen molar-refractivity contribution in [1.82, 2.24) is 0 Å². The van der Waals surface area contributed by atoms with Crippen LogP contribution in [-0.2, 0) is 9.59 Å². The summed E-state index contributed by atoms with van der Waals surface area (Å²) < 4.78 is 26.6. The highest BCUT2D eigenvalue weighted by molar-refractivity contribution is 6.19. The number of anilines is 2. The van der Waals surface area contributed by atoms with Crippen LogP contribution >= 0.6 is 0 Å². The summed E-state index contributed by atoms with van der Waals surface area (Å²) in [5.41, 5.74) is 4.83. The van der Waals surface area contributed by atoms with Gasteiger partial charge in [-0.15, -0.1) is 0 Å². The molecule has 1 aliphatic rings. The number of halogens is 2. The highest BCUT2D eigenvalue weighted by Gasteiger charge is 2.27. The van der Waals surface area contributed by atoms with Crippen LogP contribution < -0.4 is 10.2 Å². The third kappa shape index (κ3) is 4.42. The summed E-state index contributed by atoms with van der Waals surface area (Å²) in [6.45, 7) is 3.68. The maximum absolute atomic E-state index is 13.5. The van der Waals surface area contributed by atoms with E-state index in [2.05, 4.69) is 5.32 Å². The lowest BCUT2D eigenvalue weighted by Crippen LogP contribution is -2.38. The molecular weight excluding hydrogens is 412 g/mol. The number of nitrogens with zero attached hydrogens (tertiary/aromatic N) is 2. The number of fused-ring (bicyclic) bond motifs is 1. The Bertz CT molecular complexity index is 1250. The minimum Gasteiger partial charge on any atom is -0.324 e. The van der Waals surface area contributed by atoms with Gasteiger partial charge in [-0.05, 0) is 49.2 Å². The van der Waals surface area contributed by atoms with E-state index in [-0.39, 0.29) is 24.6 Å². The zero-order valence-corrected chi connectivity index (χ0v) is 17.7. The van der Waals surface area contributed by atoms with Crippen molar-refractivity contribution in [2.45, 2.75) is 20.3 Å². The van der Waals surface area contributed by atoms with E-state index in [1.807, 2.05) is 38.1 Å². The minimum atomic E-state index is -1.06. The van der Waals surface area contributed by atoms with Gasteiger partial charge < -0.3 is 10.2 Å². The maximum atomic E-state index is 13.5. The van der Waals surface area contributed by atoms with Gasteiger partial charge in [0, 0.05) is 11.8 Å². The number of rotatable bonds is 4. The molecule has 0 bridgehead atoms. The lowest BCUT2D eigenvalue weighted by atomic mass is 9.99. The molecule has 0 aromatic heterocycles. The van der Waals surface area contributed by atoms with Crippen molar-refractivity contribution in [3.63, 3.8) is 0 Å². The molecule has 4 rings (SSSR count). The molecule has 162 valence electrons. The second kappa shape index (κ2) is 8.70. The van der Waals surface area contributed by atoms with Gasteiger partial charge in [0.1, 0.15) is 6.54 Å². The monoisotopic (exact) mass is 433 g/mol. The van der Waals surface area contributed by atoms with Crippen molar-refractivity contribution in [3.8, 4) is 0 Å². The Hall–Kier alpha value is -3.87. The SMILES string of the molecule is Cc1ccc(C2=Nc3ccccc3N(CC(=O)Nc3ccc(F)c(F)c3)C(=O)C2)c(C)c1. The number of hydrogen-bond acceptors (Lipinski definition) is 3. The van der Waals surface area contributed by atoms with Gasteiger partial charge in [0.25, 0.3) is 0 Å². The number of nitrogens with one attached hydrogen (secondary N) is 1. The zero-order chi connectivity index (χ0) is 22.8. The molecule has 7 heteroatoms. The van der Waals surface area contributed by atoms with Crippen molar-refractivity contribution < 1.29 is 18.4 Å². The first-order chi connectivity index (χ1) is 15.3. The van der Waals surface area contributed by atoms with E-state index in [1.54, 1.807) is 18.2 Å². The normalized spacial score (nSPS) is 13.3. The van der Waals surface area contributed by atoms with Gasteiger partial charge in [-0.1, -0.05) is 35.9 Å². The van der Waals surface area contributed by atoms with Crippen LogP contribution in [0.5, 0.6) is 0 Å². The Labute approximate surface area is 184 Å². The molecule has 1 heterocycles. The van der Waals surface area contributed by atoms with Crippen LogP contribution in [0.25, 0.3) is 0 Å². The molecule has 0 atom stereocenters. The van der Waals surface area contributed by atoms with Gasteiger partial charge in [-0.2, -0.15) is 0 Å². The van der Waals surface area contributed by atoms with Crippen molar-refractivity contribution in [2.24, 2.45) is 4.99 Å². The molecule has 0 spiro atoms. The number of carbonyl (C=O) groups excluding carboxylic acids is 2. The third-order valence-electron chi connectivity index (χ3n) is 5.25. The number of aryl methyl sites for hydroxylation is 2. The van der Waals surface area contributed by atoms with E-state index in [9.17, 15) is 18.4 Å². The van der Waals surface area contributed by atoms with E-state index >= 15 is 0 Å². The highest BCUT2D eigenvalue weighted by atomic mass is 19.2. The zero-order valence-electron chi connectivity index (χ0n) is 17.7. The van der Waals surface area contributed by atoms with Crippen LogP contribution in [0.15, 0.2) is 65.7 Å². The first kappa shape index (κ1) is 21.4. The molecule has 1 aliphatic heterocycles. The van der Waals surface area contributed by atoms with E-state index < -0.39 is 17.5 Å². The van der Waals surface area contributed by atoms with Gasteiger partial charge in [0.05, 0.1) is 23.5 Å². The number of amides is 2. The van der Waals surface area contributed by atoms with Gasteiger partial charge in [0.15, 0.2) is 11.6 Å². The first-order valence-electron chi connectivity index (χ1n) is 10.1. The molecule has 0 aliphatic carbocycles. The topological polar surface area (TPSA) is 61.8 Å². The maximum Gasteiger partial charge on any atom is 0.244 e. The second-order valence-corrected chi connectivity index (χ2v) is 7.70. The fraction of sp³-hybridized carbons (Fsp3) is 0.160. The summed E-state index contributed by atoms with van der Waals surface area (Å²) in [6.07, 6.45) is 0.0248. The van der Waals surface area contributed by atoms with E-state index in [0.717, 1.165) is 28.8 Å². The Morgan fingerprint density at radius 1 is 1.03 bits per heavy atom. The Morgan fingerprint density at radius 2 is 1.81 bits per heavy atom. The van der Waals surface area contributed by atoms with Gasteiger partial charge in [0.2, 0.25) is 11.8 Å². The molecule has 0 radical (unpaired) electrons. The third-order valence-corrected chi connectivity index (χ3v) is 5.25. The van der Waals surface area contributed by atoms with Crippen molar-refractivity contribution in [2.75, 3.05) is 16.8 Å². The van der Waals surface area contributed by atoms with Crippen LogP contribution in [0.3, 0.4) is 0 Å². The average molecular weight is 433 g/mol. The van der Waals surface area contributed by atoms with Gasteiger partial charge in [-0.3, -0.25) is 14.6 Å². The number of para-hydroxylation sites is 2. The summed E-state index contributed by atoms with van der Waals surface area (Å²) in [6, 6.07) is 16.1. The lowest BCUT2D eigenvalue weighted by Gasteiger charge is -2.22. The van der Waals surface area contributed by atoms with E-state index in [4.69, 9.17) is 4.99 Å². The number of carbonyl (C=O) groups is 2. The minimum absolute atomic E-state index is 0.0248. The van der Waals surface area contributed by atoms with Gasteiger partial charge >= 0.3 is 0 Å². The molecule has 5 nitrogen and oxygen atoms in total. The highest BCUT2D eigenvalue weighted by Crippen LogP contribution is 2.33. The molecule has 2 amide bonds.